The van der Waals surface area contributed by atoms with Crippen molar-refractivity contribution in [3.05, 3.63) is 24.0 Å². The minimum atomic E-state index is -0.494. The zero-order chi connectivity index (χ0) is 13.1. The minimum Gasteiger partial charge on any atom is -0.399 e. The van der Waals surface area contributed by atoms with Crippen LogP contribution in [0.1, 0.15) is 27.2 Å². The van der Waals surface area contributed by atoms with Crippen LogP contribution < -0.4 is 11.1 Å². The standard InChI is InChI=1S/C13H21FN2O/c1-13(2,3)7-10(17)8-16-12-5-4-9(15)6-11(12)14/h4-6,10,16-17H,7-8,15H2,1-3H3. The SMILES string of the molecule is CC(C)(C)CC(O)CNc1ccc(N)cc1F. The monoisotopic (exact) mass is 240 g/mol. The molecular formula is C13H21FN2O. The molecule has 0 aliphatic carbocycles. The van der Waals surface area contributed by atoms with Gasteiger partial charge in [0.05, 0.1) is 11.8 Å². The van der Waals surface area contributed by atoms with E-state index in [9.17, 15) is 9.50 Å². The Morgan fingerprint density at radius 2 is 2.06 bits per heavy atom. The second kappa shape index (κ2) is 5.36. The van der Waals surface area contributed by atoms with Gasteiger partial charge >= 0.3 is 0 Å². The van der Waals surface area contributed by atoms with Gasteiger partial charge in [0.25, 0.3) is 0 Å². The third-order valence-corrected chi connectivity index (χ3v) is 2.37. The zero-order valence-electron chi connectivity index (χ0n) is 10.6. The van der Waals surface area contributed by atoms with Gasteiger partial charge in [-0.1, -0.05) is 20.8 Å². The normalized spacial score (nSPS) is 13.5. The van der Waals surface area contributed by atoms with Crippen molar-refractivity contribution >= 4 is 11.4 Å². The van der Waals surface area contributed by atoms with Gasteiger partial charge in [-0.25, -0.2) is 4.39 Å². The lowest BCUT2D eigenvalue weighted by molar-refractivity contribution is 0.132. The summed E-state index contributed by atoms with van der Waals surface area (Å²) in [6, 6.07) is 4.47. The number of hydrogen-bond acceptors (Lipinski definition) is 3. The molecule has 0 radical (unpaired) electrons. The zero-order valence-corrected chi connectivity index (χ0v) is 10.6. The Morgan fingerprint density at radius 3 is 2.59 bits per heavy atom. The van der Waals surface area contributed by atoms with Crippen LogP contribution in [0.25, 0.3) is 0 Å². The highest BCUT2D eigenvalue weighted by Crippen LogP contribution is 2.22. The average molecular weight is 240 g/mol. The van der Waals surface area contributed by atoms with Gasteiger partial charge in [0, 0.05) is 12.2 Å². The first-order valence-corrected chi connectivity index (χ1v) is 5.75. The lowest BCUT2D eigenvalue weighted by Gasteiger charge is -2.22. The van der Waals surface area contributed by atoms with E-state index in [1.54, 1.807) is 12.1 Å². The molecule has 0 heterocycles. The van der Waals surface area contributed by atoms with Crippen LogP contribution in [-0.4, -0.2) is 17.8 Å². The summed E-state index contributed by atoms with van der Waals surface area (Å²) < 4.78 is 13.4. The highest BCUT2D eigenvalue weighted by Gasteiger charge is 2.16. The number of benzene rings is 1. The van der Waals surface area contributed by atoms with E-state index >= 15 is 0 Å². The topological polar surface area (TPSA) is 58.3 Å². The van der Waals surface area contributed by atoms with E-state index in [-0.39, 0.29) is 5.41 Å². The lowest BCUT2D eigenvalue weighted by atomic mass is 9.89. The van der Waals surface area contributed by atoms with E-state index in [0.717, 1.165) is 0 Å². The number of rotatable bonds is 4. The molecule has 0 amide bonds. The third-order valence-electron chi connectivity index (χ3n) is 2.37. The highest BCUT2D eigenvalue weighted by atomic mass is 19.1. The number of aliphatic hydroxyl groups excluding tert-OH is 1. The van der Waals surface area contributed by atoms with Gasteiger partial charge in [-0.05, 0) is 30.0 Å². The molecule has 1 unspecified atom stereocenters. The van der Waals surface area contributed by atoms with Crippen molar-refractivity contribution in [2.45, 2.75) is 33.3 Å². The first kappa shape index (κ1) is 13.8. The predicted molar refractivity (Wildman–Crippen MR) is 69.4 cm³/mol. The number of halogens is 1. The van der Waals surface area contributed by atoms with Gasteiger partial charge in [-0.2, -0.15) is 0 Å². The molecule has 4 N–H and O–H groups in total. The average Bonchev–Trinajstić information content (AvgIpc) is 2.13. The summed E-state index contributed by atoms with van der Waals surface area (Å²) in [4.78, 5) is 0. The maximum Gasteiger partial charge on any atom is 0.148 e. The van der Waals surface area contributed by atoms with Gasteiger partial charge in [0.15, 0.2) is 0 Å². The molecule has 0 bridgehead atoms. The van der Waals surface area contributed by atoms with Crippen LogP contribution in [0, 0.1) is 11.2 Å². The third kappa shape index (κ3) is 5.04. The van der Waals surface area contributed by atoms with Crippen molar-refractivity contribution in [3.63, 3.8) is 0 Å². The molecule has 1 aromatic rings. The molecule has 1 rings (SSSR count). The fourth-order valence-electron chi connectivity index (χ4n) is 1.68. The summed E-state index contributed by atoms with van der Waals surface area (Å²) in [7, 11) is 0. The Balaban J connectivity index is 2.50. The Hall–Kier alpha value is -1.29. The summed E-state index contributed by atoms with van der Waals surface area (Å²) in [5, 5.41) is 12.7. The maximum atomic E-state index is 13.4. The van der Waals surface area contributed by atoms with Crippen LogP contribution in [-0.2, 0) is 0 Å². The van der Waals surface area contributed by atoms with E-state index in [4.69, 9.17) is 5.73 Å². The Labute approximate surface area is 102 Å². The number of aliphatic hydroxyl groups is 1. The van der Waals surface area contributed by atoms with Gasteiger partial charge in [0.1, 0.15) is 5.82 Å². The van der Waals surface area contributed by atoms with Gasteiger partial charge in [-0.15, -0.1) is 0 Å². The molecule has 17 heavy (non-hydrogen) atoms. The number of anilines is 2. The van der Waals surface area contributed by atoms with Crippen LogP contribution in [0.15, 0.2) is 18.2 Å². The Morgan fingerprint density at radius 1 is 1.41 bits per heavy atom. The van der Waals surface area contributed by atoms with Crippen molar-refractivity contribution in [1.29, 1.82) is 0 Å². The summed E-state index contributed by atoms with van der Waals surface area (Å²) in [5.41, 5.74) is 6.27. The first-order valence-electron chi connectivity index (χ1n) is 5.75. The van der Waals surface area contributed by atoms with Crippen LogP contribution in [0.5, 0.6) is 0 Å². The second-order valence-electron chi connectivity index (χ2n) is 5.54. The predicted octanol–water partition coefficient (Wildman–Crippen LogP) is 2.62. The molecule has 0 fully saturated rings. The van der Waals surface area contributed by atoms with Gasteiger partial charge in [-0.3, -0.25) is 0 Å². The van der Waals surface area contributed by atoms with Crippen molar-refractivity contribution in [1.82, 2.24) is 0 Å². The molecule has 0 spiro atoms. The van der Waals surface area contributed by atoms with Gasteiger partial charge < -0.3 is 16.2 Å². The largest absolute Gasteiger partial charge is 0.399 e. The van der Waals surface area contributed by atoms with Crippen LogP contribution in [0.4, 0.5) is 15.8 Å². The van der Waals surface area contributed by atoms with Crippen molar-refractivity contribution in [3.8, 4) is 0 Å². The van der Waals surface area contributed by atoms with E-state index < -0.39 is 11.9 Å². The summed E-state index contributed by atoms with van der Waals surface area (Å²) >= 11 is 0. The number of nitrogens with one attached hydrogen (secondary N) is 1. The molecule has 0 aromatic heterocycles. The maximum absolute atomic E-state index is 13.4. The van der Waals surface area contributed by atoms with Crippen LogP contribution in [0.2, 0.25) is 0 Å². The molecule has 3 nitrogen and oxygen atoms in total. The second-order valence-corrected chi connectivity index (χ2v) is 5.54. The molecule has 4 heteroatoms. The number of hydrogen-bond donors (Lipinski definition) is 3. The number of nitrogens with two attached hydrogens (primary N) is 1. The Bertz CT molecular complexity index is 374. The molecular weight excluding hydrogens is 219 g/mol. The van der Waals surface area contributed by atoms with Crippen molar-refractivity contribution in [2.24, 2.45) is 5.41 Å². The van der Waals surface area contributed by atoms with E-state index in [0.29, 0.717) is 24.3 Å². The minimum absolute atomic E-state index is 0.0563. The van der Waals surface area contributed by atoms with Crippen molar-refractivity contribution < 1.29 is 9.50 Å². The molecule has 1 aromatic carbocycles. The fourth-order valence-corrected chi connectivity index (χ4v) is 1.68. The van der Waals surface area contributed by atoms with Crippen LogP contribution in [0.3, 0.4) is 0 Å². The van der Waals surface area contributed by atoms with E-state index in [1.807, 2.05) is 0 Å². The summed E-state index contributed by atoms with van der Waals surface area (Å²) in [6.45, 7) is 6.50. The Kier molecular flexibility index (Phi) is 4.34. The molecule has 0 saturated carbocycles. The van der Waals surface area contributed by atoms with E-state index in [1.165, 1.54) is 6.07 Å². The number of nitrogen functional groups attached to an aromatic ring is 1. The van der Waals surface area contributed by atoms with Crippen LogP contribution >= 0.6 is 0 Å². The molecule has 0 aliphatic rings. The van der Waals surface area contributed by atoms with Gasteiger partial charge in [0.2, 0.25) is 0 Å². The molecule has 1 atom stereocenters. The fraction of sp³-hybridized carbons (Fsp3) is 0.538. The molecule has 0 aliphatic heterocycles. The molecule has 0 saturated heterocycles. The molecule has 96 valence electrons. The quantitative estimate of drug-likeness (QED) is 0.709. The highest BCUT2D eigenvalue weighted by molar-refractivity contribution is 5.52. The van der Waals surface area contributed by atoms with Crippen molar-refractivity contribution in [2.75, 3.05) is 17.6 Å². The first-order chi connectivity index (χ1) is 7.78. The lowest BCUT2D eigenvalue weighted by Crippen LogP contribution is -2.25. The smallest absolute Gasteiger partial charge is 0.148 e. The van der Waals surface area contributed by atoms with E-state index in [2.05, 4.69) is 26.1 Å². The summed E-state index contributed by atoms with van der Waals surface area (Å²) in [6.07, 6.45) is 0.170. The summed E-state index contributed by atoms with van der Waals surface area (Å²) in [5.74, 6) is -0.395.